The summed E-state index contributed by atoms with van der Waals surface area (Å²) < 4.78 is 0. The topological polar surface area (TPSA) is 49.4 Å². The highest BCUT2D eigenvalue weighted by atomic mass is 16.2. The second-order valence-corrected chi connectivity index (χ2v) is 5.63. The van der Waals surface area contributed by atoms with Gasteiger partial charge in [0.05, 0.1) is 0 Å². The first-order valence-corrected chi connectivity index (χ1v) is 6.15. The summed E-state index contributed by atoms with van der Waals surface area (Å²) in [7, 11) is 1.80. The molecule has 3 aliphatic rings. The lowest BCUT2D eigenvalue weighted by Crippen LogP contribution is -2.42. The largest absolute Gasteiger partial charge is 0.353 e. The lowest BCUT2D eigenvalue weighted by molar-refractivity contribution is -0.139. The minimum Gasteiger partial charge on any atom is -0.353 e. The van der Waals surface area contributed by atoms with Gasteiger partial charge in [-0.15, -0.1) is 0 Å². The Morgan fingerprint density at radius 2 is 2.25 bits per heavy atom. The highest BCUT2D eigenvalue weighted by Gasteiger charge is 2.63. The van der Waals surface area contributed by atoms with Crippen molar-refractivity contribution in [1.82, 2.24) is 10.2 Å². The Balaban J connectivity index is 1.53. The zero-order valence-electron chi connectivity index (χ0n) is 9.66. The van der Waals surface area contributed by atoms with Gasteiger partial charge in [-0.1, -0.05) is 0 Å². The lowest BCUT2D eigenvalue weighted by Gasteiger charge is -2.27. The third-order valence-corrected chi connectivity index (χ3v) is 4.43. The number of carbonyl (C=O) groups excluding carboxylic acids is 2. The summed E-state index contributed by atoms with van der Waals surface area (Å²) >= 11 is 0. The molecule has 3 rings (SSSR count). The van der Waals surface area contributed by atoms with Crippen molar-refractivity contribution in [2.45, 2.75) is 38.1 Å². The summed E-state index contributed by atoms with van der Waals surface area (Å²) in [4.78, 5) is 25.1. The molecule has 0 aromatic carbocycles. The van der Waals surface area contributed by atoms with E-state index in [2.05, 4.69) is 5.32 Å². The van der Waals surface area contributed by atoms with Crippen LogP contribution < -0.4 is 5.32 Å². The highest BCUT2D eigenvalue weighted by molar-refractivity contribution is 5.87. The van der Waals surface area contributed by atoms with Crippen LogP contribution in [0.25, 0.3) is 0 Å². The summed E-state index contributed by atoms with van der Waals surface area (Å²) in [6, 6.07) is 0.426. The van der Waals surface area contributed by atoms with Crippen molar-refractivity contribution in [1.29, 1.82) is 0 Å². The predicted octanol–water partition coefficient (Wildman–Crippen LogP) is 0.523. The average molecular weight is 222 g/mol. The molecule has 0 bridgehead atoms. The lowest BCUT2D eigenvalue weighted by atomic mass is 9.95. The van der Waals surface area contributed by atoms with Crippen LogP contribution in [0.2, 0.25) is 0 Å². The molecule has 3 fully saturated rings. The molecule has 0 aromatic heterocycles. The van der Waals surface area contributed by atoms with Crippen molar-refractivity contribution in [3.63, 3.8) is 0 Å². The van der Waals surface area contributed by atoms with Crippen LogP contribution in [0.15, 0.2) is 0 Å². The van der Waals surface area contributed by atoms with Gasteiger partial charge in [0.25, 0.3) is 0 Å². The molecule has 1 heterocycles. The molecule has 1 N–H and O–H groups in total. The predicted molar refractivity (Wildman–Crippen MR) is 58.6 cm³/mol. The van der Waals surface area contributed by atoms with Gasteiger partial charge < -0.3 is 10.2 Å². The van der Waals surface area contributed by atoms with Gasteiger partial charge in [-0.05, 0) is 31.1 Å². The Hall–Kier alpha value is -1.06. The highest BCUT2D eigenvalue weighted by Crippen LogP contribution is 2.65. The first kappa shape index (κ1) is 10.1. The third kappa shape index (κ3) is 1.60. The van der Waals surface area contributed by atoms with Gasteiger partial charge in [-0.2, -0.15) is 0 Å². The van der Waals surface area contributed by atoms with Gasteiger partial charge in [0.1, 0.15) is 0 Å². The number of piperidine rings is 1. The van der Waals surface area contributed by atoms with Crippen molar-refractivity contribution >= 4 is 11.8 Å². The van der Waals surface area contributed by atoms with Gasteiger partial charge in [0.2, 0.25) is 11.8 Å². The number of nitrogens with zero attached hydrogens (tertiary/aromatic N) is 1. The molecule has 4 heteroatoms. The summed E-state index contributed by atoms with van der Waals surface area (Å²) in [5, 5.41) is 3.10. The molecule has 1 saturated heterocycles. The van der Waals surface area contributed by atoms with Crippen LogP contribution in [0.1, 0.15) is 32.1 Å². The number of hydrogen-bond acceptors (Lipinski definition) is 2. The Morgan fingerprint density at radius 3 is 2.81 bits per heavy atom. The molecule has 16 heavy (non-hydrogen) atoms. The molecule has 1 spiro atoms. The van der Waals surface area contributed by atoms with Crippen LogP contribution in [0, 0.1) is 11.3 Å². The molecule has 2 atom stereocenters. The molecule has 2 saturated carbocycles. The van der Waals surface area contributed by atoms with Crippen LogP contribution in [0.3, 0.4) is 0 Å². The molecular formula is C12H18N2O2. The fraction of sp³-hybridized carbons (Fsp3) is 0.833. The number of carbonyl (C=O) groups is 2. The Kier molecular flexibility index (Phi) is 2.03. The number of amides is 2. The van der Waals surface area contributed by atoms with Crippen LogP contribution in [-0.2, 0) is 9.59 Å². The number of nitrogens with one attached hydrogen (secondary N) is 1. The Bertz CT molecular complexity index is 349. The zero-order chi connectivity index (χ0) is 11.3. The molecule has 0 aromatic rings. The first-order chi connectivity index (χ1) is 7.61. The maximum absolute atomic E-state index is 11.9. The van der Waals surface area contributed by atoms with E-state index in [0.29, 0.717) is 24.4 Å². The SMILES string of the molecule is CN1CCC(C(=O)NC2CC23CC3)CC1=O. The van der Waals surface area contributed by atoms with Crippen molar-refractivity contribution in [3.8, 4) is 0 Å². The number of rotatable bonds is 2. The maximum Gasteiger partial charge on any atom is 0.223 e. The molecule has 88 valence electrons. The molecule has 2 aliphatic carbocycles. The van der Waals surface area contributed by atoms with E-state index in [0.717, 1.165) is 6.42 Å². The minimum absolute atomic E-state index is 0.0832. The van der Waals surface area contributed by atoms with E-state index in [4.69, 9.17) is 0 Å². The molecule has 0 radical (unpaired) electrons. The van der Waals surface area contributed by atoms with E-state index in [1.807, 2.05) is 0 Å². The Morgan fingerprint density at radius 1 is 1.50 bits per heavy atom. The molecule has 1 aliphatic heterocycles. The van der Waals surface area contributed by atoms with Crippen molar-refractivity contribution < 1.29 is 9.59 Å². The molecular weight excluding hydrogens is 204 g/mol. The fourth-order valence-corrected chi connectivity index (χ4v) is 2.72. The van der Waals surface area contributed by atoms with Crippen LogP contribution in [0.4, 0.5) is 0 Å². The molecule has 2 unspecified atom stereocenters. The van der Waals surface area contributed by atoms with Crippen molar-refractivity contribution in [3.05, 3.63) is 0 Å². The quantitative estimate of drug-likeness (QED) is 0.740. The number of likely N-dealkylation sites (tertiary alicyclic amines) is 1. The smallest absolute Gasteiger partial charge is 0.223 e. The van der Waals surface area contributed by atoms with E-state index < -0.39 is 0 Å². The molecule has 4 nitrogen and oxygen atoms in total. The van der Waals surface area contributed by atoms with Crippen molar-refractivity contribution in [2.24, 2.45) is 11.3 Å². The first-order valence-electron chi connectivity index (χ1n) is 6.15. The second-order valence-electron chi connectivity index (χ2n) is 5.63. The summed E-state index contributed by atoms with van der Waals surface area (Å²) in [5.41, 5.74) is 0.505. The van der Waals surface area contributed by atoms with Crippen LogP contribution in [0.5, 0.6) is 0 Å². The maximum atomic E-state index is 11.9. The summed E-state index contributed by atoms with van der Waals surface area (Å²) in [6.45, 7) is 0.715. The van der Waals surface area contributed by atoms with Gasteiger partial charge in [-0.25, -0.2) is 0 Å². The number of hydrogen-bond donors (Lipinski definition) is 1. The van der Waals surface area contributed by atoms with E-state index in [1.165, 1.54) is 19.3 Å². The summed E-state index contributed by atoms with van der Waals surface area (Å²) in [5.74, 6) is 0.124. The van der Waals surface area contributed by atoms with Gasteiger partial charge in [0.15, 0.2) is 0 Å². The zero-order valence-corrected chi connectivity index (χ0v) is 9.66. The van der Waals surface area contributed by atoms with Gasteiger partial charge in [0, 0.05) is 32.0 Å². The minimum atomic E-state index is -0.0832. The average Bonchev–Trinajstić information content (AvgIpc) is 3.14. The normalized spacial score (nSPS) is 35.1. The third-order valence-electron chi connectivity index (χ3n) is 4.43. The van der Waals surface area contributed by atoms with E-state index >= 15 is 0 Å². The van der Waals surface area contributed by atoms with Crippen LogP contribution in [-0.4, -0.2) is 36.3 Å². The van der Waals surface area contributed by atoms with E-state index in [1.54, 1.807) is 11.9 Å². The Labute approximate surface area is 95.4 Å². The monoisotopic (exact) mass is 222 g/mol. The second kappa shape index (κ2) is 3.22. The van der Waals surface area contributed by atoms with Crippen molar-refractivity contribution in [2.75, 3.05) is 13.6 Å². The standard InChI is InChI=1S/C12H18N2O2/c1-14-5-2-8(6-10(14)15)11(16)13-9-7-12(9)3-4-12/h8-9H,2-7H2,1H3,(H,13,16). The molecule has 2 amide bonds. The van der Waals surface area contributed by atoms with Gasteiger partial charge in [-0.3, -0.25) is 9.59 Å². The van der Waals surface area contributed by atoms with Crippen LogP contribution >= 0.6 is 0 Å². The van der Waals surface area contributed by atoms with E-state index in [-0.39, 0.29) is 17.7 Å². The van der Waals surface area contributed by atoms with Gasteiger partial charge >= 0.3 is 0 Å². The summed E-state index contributed by atoms with van der Waals surface area (Å²) in [6.07, 6.45) is 4.93. The van der Waals surface area contributed by atoms with E-state index in [9.17, 15) is 9.59 Å². The fourth-order valence-electron chi connectivity index (χ4n) is 2.72.